The van der Waals surface area contributed by atoms with Crippen LogP contribution < -0.4 is 5.32 Å². The normalized spacial score (nSPS) is 11.8. The van der Waals surface area contributed by atoms with Crippen molar-refractivity contribution >= 4 is 21.8 Å². The van der Waals surface area contributed by atoms with Gasteiger partial charge in [-0.15, -0.1) is 0 Å². The fourth-order valence-electron chi connectivity index (χ4n) is 3.15. The van der Waals surface area contributed by atoms with Gasteiger partial charge in [0.2, 0.25) is 5.89 Å². The minimum Gasteiger partial charge on any atom is -0.436 e. The summed E-state index contributed by atoms with van der Waals surface area (Å²) in [6, 6.07) is 20.7. The van der Waals surface area contributed by atoms with E-state index in [-0.39, 0.29) is 17.8 Å². The number of carbonyl (C=O) groups excluding carboxylic acids is 1. The summed E-state index contributed by atoms with van der Waals surface area (Å²) in [5, 5.41) is 2.95. The molecule has 4 rings (SSSR count). The van der Waals surface area contributed by atoms with Crippen molar-refractivity contribution in [2.45, 2.75) is 13.0 Å². The molecule has 1 heterocycles. The highest BCUT2D eigenvalue weighted by Crippen LogP contribution is 2.29. The molecule has 1 amide bonds. The first-order valence-electron chi connectivity index (χ1n) is 9.39. The summed E-state index contributed by atoms with van der Waals surface area (Å²) in [7, 11) is 0. The fraction of sp³-hybridized carbons (Fsp3) is 0.0833. The van der Waals surface area contributed by atoms with E-state index in [4.69, 9.17) is 4.42 Å². The van der Waals surface area contributed by atoms with Gasteiger partial charge >= 0.3 is 0 Å². The molecule has 0 aliphatic heterocycles. The number of benzene rings is 3. The Kier molecular flexibility index (Phi) is 5.77. The first kappa shape index (κ1) is 20.0. The third-order valence-electron chi connectivity index (χ3n) is 4.73. The van der Waals surface area contributed by atoms with Gasteiger partial charge in [-0.1, -0.05) is 52.3 Å². The Hall–Kier alpha value is -3.25. The Labute approximate surface area is 181 Å². The Bertz CT molecular complexity index is 1190. The van der Waals surface area contributed by atoms with Crippen LogP contribution in [0.15, 0.2) is 87.9 Å². The van der Waals surface area contributed by atoms with E-state index >= 15 is 0 Å². The molecule has 150 valence electrons. The summed E-state index contributed by atoms with van der Waals surface area (Å²) >= 11 is 3.45. The molecule has 1 N–H and O–H groups in total. The minimum absolute atomic E-state index is 0.260. The van der Waals surface area contributed by atoms with Gasteiger partial charge in [-0.3, -0.25) is 4.79 Å². The zero-order valence-electron chi connectivity index (χ0n) is 16.1. The molecule has 0 aliphatic carbocycles. The van der Waals surface area contributed by atoms with Crippen LogP contribution in [0.1, 0.15) is 28.9 Å². The van der Waals surface area contributed by atoms with Crippen molar-refractivity contribution in [1.29, 1.82) is 0 Å². The molecule has 0 saturated heterocycles. The Morgan fingerprint density at radius 2 is 1.83 bits per heavy atom. The van der Waals surface area contributed by atoms with E-state index < -0.39 is 0 Å². The van der Waals surface area contributed by atoms with E-state index in [9.17, 15) is 9.18 Å². The lowest BCUT2D eigenvalue weighted by Crippen LogP contribution is -2.27. The quantitative estimate of drug-likeness (QED) is 0.371. The maximum Gasteiger partial charge on any atom is 0.252 e. The highest BCUT2D eigenvalue weighted by molar-refractivity contribution is 9.10. The summed E-state index contributed by atoms with van der Waals surface area (Å²) < 4.78 is 20.0. The summed E-state index contributed by atoms with van der Waals surface area (Å²) in [4.78, 5) is 17.3. The van der Waals surface area contributed by atoms with Gasteiger partial charge in [0.15, 0.2) is 5.76 Å². The van der Waals surface area contributed by atoms with Crippen molar-refractivity contribution in [3.05, 3.63) is 100 Å². The standard InChI is InChI=1S/C24H18BrFN2O2/c1-15(16-9-11-19(26)12-10-16)28-23(29)20-7-2-3-8-21(20)24-27-14-22(30-24)17-5-4-6-18(25)13-17/h2-15H,1H3,(H,28,29). The van der Waals surface area contributed by atoms with Gasteiger partial charge in [-0.2, -0.15) is 0 Å². The fourth-order valence-corrected chi connectivity index (χ4v) is 3.55. The molecule has 0 radical (unpaired) electrons. The molecule has 3 aromatic carbocycles. The maximum atomic E-state index is 13.2. The molecule has 0 saturated carbocycles. The van der Waals surface area contributed by atoms with Crippen LogP contribution >= 0.6 is 15.9 Å². The number of nitrogens with zero attached hydrogens (tertiary/aromatic N) is 1. The highest BCUT2D eigenvalue weighted by atomic mass is 79.9. The summed E-state index contributed by atoms with van der Waals surface area (Å²) in [6.45, 7) is 1.85. The zero-order chi connectivity index (χ0) is 21.1. The van der Waals surface area contributed by atoms with Crippen LogP contribution in [-0.4, -0.2) is 10.9 Å². The summed E-state index contributed by atoms with van der Waals surface area (Å²) in [5.41, 5.74) is 2.75. The van der Waals surface area contributed by atoms with Gasteiger partial charge in [-0.05, 0) is 48.9 Å². The highest BCUT2D eigenvalue weighted by Gasteiger charge is 2.19. The summed E-state index contributed by atoms with van der Waals surface area (Å²) in [5.74, 6) is 0.406. The van der Waals surface area contributed by atoms with Gasteiger partial charge < -0.3 is 9.73 Å². The molecular formula is C24H18BrFN2O2. The Morgan fingerprint density at radius 3 is 2.60 bits per heavy atom. The number of aromatic nitrogens is 1. The third-order valence-corrected chi connectivity index (χ3v) is 5.23. The maximum absolute atomic E-state index is 13.2. The van der Waals surface area contributed by atoms with E-state index in [1.165, 1.54) is 12.1 Å². The van der Waals surface area contributed by atoms with Crippen molar-refractivity contribution < 1.29 is 13.6 Å². The summed E-state index contributed by atoms with van der Waals surface area (Å²) in [6.07, 6.45) is 1.65. The molecular weight excluding hydrogens is 447 g/mol. The molecule has 1 aromatic heterocycles. The molecule has 0 bridgehead atoms. The first-order valence-corrected chi connectivity index (χ1v) is 10.2. The van der Waals surface area contributed by atoms with Crippen LogP contribution in [0.3, 0.4) is 0 Å². The van der Waals surface area contributed by atoms with E-state index in [1.807, 2.05) is 37.3 Å². The molecule has 6 heteroatoms. The van der Waals surface area contributed by atoms with Crippen LogP contribution in [0.4, 0.5) is 4.39 Å². The van der Waals surface area contributed by atoms with Crippen LogP contribution in [0.25, 0.3) is 22.8 Å². The molecule has 0 fully saturated rings. The van der Waals surface area contributed by atoms with Crippen molar-refractivity contribution in [2.75, 3.05) is 0 Å². The lowest BCUT2D eigenvalue weighted by molar-refractivity contribution is 0.0940. The third kappa shape index (κ3) is 4.33. The molecule has 0 aliphatic rings. The van der Waals surface area contributed by atoms with Gasteiger partial charge in [-0.25, -0.2) is 9.37 Å². The number of oxazole rings is 1. The van der Waals surface area contributed by atoms with E-state index in [1.54, 1.807) is 36.5 Å². The number of halogens is 2. The molecule has 4 nitrogen and oxygen atoms in total. The second kappa shape index (κ2) is 8.63. The average Bonchev–Trinajstić information content (AvgIpc) is 3.24. The minimum atomic E-state index is -0.312. The second-order valence-electron chi connectivity index (χ2n) is 6.83. The molecule has 30 heavy (non-hydrogen) atoms. The van der Waals surface area contributed by atoms with Gasteiger partial charge in [0.05, 0.1) is 17.8 Å². The van der Waals surface area contributed by atoms with Crippen LogP contribution in [-0.2, 0) is 0 Å². The zero-order valence-corrected chi connectivity index (χ0v) is 17.7. The number of carbonyl (C=O) groups is 1. The first-order chi connectivity index (χ1) is 14.5. The van der Waals surface area contributed by atoms with Crippen LogP contribution in [0.2, 0.25) is 0 Å². The lowest BCUT2D eigenvalue weighted by Gasteiger charge is -2.15. The van der Waals surface area contributed by atoms with E-state index in [2.05, 4.69) is 26.2 Å². The van der Waals surface area contributed by atoms with Crippen molar-refractivity contribution in [3.63, 3.8) is 0 Å². The lowest BCUT2D eigenvalue weighted by atomic mass is 10.0. The Morgan fingerprint density at radius 1 is 1.07 bits per heavy atom. The molecule has 0 spiro atoms. The van der Waals surface area contributed by atoms with Crippen LogP contribution in [0.5, 0.6) is 0 Å². The van der Waals surface area contributed by atoms with E-state index in [0.717, 1.165) is 15.6 Å². The number of hydrogen-bond acceptors (Lipinski definition) is 3. The molecule has 4 aromatic rings. The van der Waals surface area contributed by atoms with Crippen molar-refractivity contribution in [3.8, 4) is 22.8 Å². The van der Waals surface area contributed by atoms with Crippen LogP contribution in [0, 0.1) is 5.82 Å². The monoisotopic (exact) mass is 464 g/mol. The largest absolute Gasteiger partial charge is 0.436 e. The average molecular weight is 465 g/mol. The number of nitrogens with one attached hydrogen (secondary N) is 1. The van der Waals surface area contributed by atoms with Crippen molar-refractivity contribution in [2.24, 2.45) is 0 Å². The Balaban J connectivity index is 1.60. The predicted octanol–water partition coefficient (Wildman–Crippen LogP) is 6.40. The van der Waals surface area contributed by atoms with Gasteiger partial charge in [0.1, 0.15) is 5.82 Å². The number of rotatable bonds is 5. The SMILES string of the molecule is CC(NC(=O)c1ccccc1-c1ncc(-c2cccc(Br)c2)o1)c1ccc(F)cc1. The smallest absolute Gasteiger partial charge is 0.252 e. The second-order valence-corrected chi connectivity index (χ2v) is 7.75. The number of hydrogen-bond donors (Lipinski definition) is 1. The topological polar surface area (TPSA) is 55.1 Å². The van der Waals surface area contributed by atoms with Gasteiger partial charge in [0.25, 0.3) is 5.91 Å². The van der Waals surface area contributed by atoms with E-state index in [0.29, 0.717) is 22.8 Å². The molecule has 1 unspecified atom stereocenters. The number of amides is 1. The van der Waals surface area contributed by atoms with Crippen molar-refractivity contribution in [1.82, 2.24) is 10.3 Å². The van der Waals surface area contributed by atoms with Gasteiger partial charge in [0, 0.05) is 15.6 Å². The molecule has 1 atom stereocenters. The predicted molar refractivity (Wildman–Crippen MR) is 117 cm³/mol.